The maximum atomic E-state index is 12.1. The van der Waals surface area contributed by atoms with Crippen LogP contribution in [0.4, 0.5) is 0 Å². The van der Waals surface area contributed by atoms with Crippen molar-refractivity contribution in [1.29, 1.82) is 0 Å². The first-order valence-electron chi connectivity index (χ1n) is 9.08. The molecule has 4 rings (SSSR count). The van der Waals surface area contributed by atoms with E-state index in [1.807, 2.05) is 28.8 Å². The minimum atomic E-state index is -0.294. The molecule has 0 aliphatic carbocycles. The van der Waals surface area contributed by atoms with E-state index in [4.69, 9.17) is 0 Å². The van der Waals surface area contributed by atoms with Gasteiger partial charge in [-0.2, -0.15) is 0 Å². The Balaban J connectivity index is 1.36. The van der Waals surface area contributed by atoms with Crippen molar-refractivity contribution in [2.45, 2.75) is 29.9 Å². The number of hydrogen-bond acceptors (Lipinski definition) is 3. The number of rotatable bonds is 5. The Morgan fingerprint density at radius 2 is 2.00 bits per heavy atom. The fourth-order valence-corrected chi connectivity index (χ4v) is 5.24. The molecule has 0 radical (unpaired) electrons. The van der Waals surface area contributed by atoms with Crippen molar-refractivity contribution in [3.8, 4) is 0 Å². The number of piperidine rings is 1. The fraction of sp³-hybridized carbons (Fsp3) is 0.450. The number of hydrogen-bond donors (Lipinski definition) is 2. The number of benzene rings is 1. The number of quaternary nitrogens is 1. The SMILES string of the molecule is O=c1cccc2n1C[C@H]1C[C@@H]2C[NH+](C[C@H](O)CSc2ccccc2)C1. The molecule has 132 valence electrons. The molecule has 2 bridgehead atoms. The van der Waals surface area contributed by atoms with Gasteiger partial charge in [0.05, 0.1) is 13.1 Å². The number of aromatic nitrogens is 1. The van der Waals surface area contributed by atoms with Gasteiger partial charge in [0.1, 0.15) is 12.6 Å². The molecule has 1 aromatic heterocycles. The molecule has 2 aliphatic heterocycles. The Morgan fingerprint density at radius 1 is 1.16 bits per heavy atom. The van der Waals surface area contributed by atoms with Gasteiger partial charge in [-0.1, -0.05) is 24.3 Å². The van der Waals surface area contributed by atoms with Gasteiger partial charge >= 0.3 is 0 Å². The maximum absolute atomic E-state index is 12.1. The van der Waals surface area contributed by atoms with Gasteiger partial charge < -0.3 is 14.6 Å². The topological polar surface area (TPSA) is 46.7 Å². The number of fused-ring (bicyclic) bond motifs is 4. The van der Waals surface area contributed by atoms with Gasteiger partial charge in [-0.25, -0.2) is 0 Å². The fourth-order valence-electron chi connectivity index (χ4n) is 4.39. The van der Waals surface area contributed by atoms with Gasteiger partial charge in [0.2, 0.25) is 0 Å². The summed E-state index contributed by atoms with van der Waals surface area (Å²) in [7, 11) is 0. The van der Waals surface area contributed by atoms with Crippen LogP contribution in [0, 0.1) is 5.92 Å². The molecule has 2 aliphatic rings. The minimum absolute atomic E-state index is 0.134. The number of thioether (sulfide) groups is 1. The van der Waals surface area contributed by atoms with E-state index in [-0.39, 0.29) is 11.7 Å². The van der Waals surface area contributed by atoms with E-state index in [9.17, 15) is 9.90 Å². The van der Waals surface area contributed by atoms with Crippen molar-refractivity contribution in [1.82, 2.24) is 4.57 Å². The highest BCUT2D eigenvalue weighted by Crippen LogP contribution is 2.30. The van der Waals surface area contributed by atoms with E-state index in [0.717, 1.165) is 31.9 Å². The Hall–Kier alpha value is -1.56. The van der Waals surface area contributed by atoms with Crippen LogP contribution in [0.2, 0.25) is 0 Å². The van der Waals surface area contributed by atoms with Gasteiger partial charge in [0.25, 0.3) is 5.56 Å². The van der Waals surface area contributed by atoms with Gasteiger partial charge in [-0.05, 0) is 24.6 Å². The number of nitrogens with one attached hydrogen (secondary N) is 1. The normalized spacial score (nSPS) is 26.0. The average molecular weight is 357 g/mol. The maximum Gasteiger partial charge on any atom is 0.250 e. The molecule has 0 saturated carbocycles. The first-order valence-corrected chi connectivity index (χ1v) is 10.1. The Morgan fingerprint density at radius 3 is 2.84 bits per heavy atom. The molecular weight excluding hydrogens is 332 g/mol. The highest BCUT2D eigenvalue weighted by molar-refractivity contribution is 7.99. The average Bonchev–Trinajstić information content (AvgIpc) is 2.62. The van der Waals surface area contributed by atoms with E-state index in [1.165, 1.54) is 21.9 Å². The van der Waals surface area contributed by atoms with E-state index >= 15 is 0 Å². The quantitative estimate of drug-likeness (QED) is 0.785. The molecule has 2 N–H and O–H groups in total. The van der Waals surface area contributed by atoms with Crippen LogP contribution in [0.25, 0.3) is 0 Å². The lowest BCUT2D eigenvalue weighted by atomic mass is 9.83. The largest absolute Gasteiger partial charge is 0.386 e. The lowest BCUT2D eigenvalue weighted by molar-refractivity contribution is -0.913. The molecule has 0 spiro atoms. The Labute approximate surface area is 152 Å². The summed E-state index contributed by atoms with van der Waals surface area (Å²) in [5, 5.41) is 10.5. The van der Waals surface area contributed by atoms with Gasteiger partial charge in [0, 0.05) is 40.8 Å². The minimum Gasteiger partial charge on any atom is -0.386 e. The molecular formula is C20H25N2O2S+. The first kappa shape index (κ1) is 16.9. The second kappa shape index (κ2) is 7.36. The Bertz CT molecular complexity index is 777. The van der Waals surface area contributed by atoms with Gasteiger partial charge in [-0.15, -0.1) is 11.8 Å². The highest BCUT2D eigenvalue weighted by Gasteiger charge is 2.37. The van der Waals surface area contributed by atoms with Crippen molar-refractivity contribution in [3.05, 3.63) is 64.6 Å². The van der Waals surface area contributed by atoms with E-state index < -0.39 is 0 Å². The van der Waals surface area contributed by atoms with E-state index in [0.29, 0.717) is 11.8 Å². The van der Waals surface area contributed by atoms with Gasteiger partial charge in [-0.3, -0.25) is 4.79 Å². The molecule has 2 aromatic rings. The van der Waals surface area contributed by atoms with Gasteiger partial charge in [0.15, 0.2) is 0 Å². The summed E-state index contributed by atoms with van der Waals surface area (Å²) >= 11 is 1.72. The third-order valence-corrected chi connectivity index (χ3v) is 6.54. The van der Waals surface area contributed by atoms with Crippen LogP contribution < -0.4 is 10.5 Å². The van der Waals surface area contributed by atoms with Crippen molar-refractivity contribution >= 4 is 11.8 Å². The van der Waals surface area contributed by atoms with Crippen LogP contribution in [0.1, 0.15) is 18.0 Å². The number of aliphatic hydroxyl groups is 1. The Kier molecular flexibility index (Phi) is 4.97. The number of likely N-dealkylation sites (tertiary alicyclic amines) is 1. The lowest BCUT2D eigenvalue weighted by Gasteiger charge is -2.40. The van der Waals surface area contributed by atoms with Crippen LogP contribution in [0.15, 0.2) is 58.2 Å². The standard InChI is InChI=1S/C20H24N2O2S/c23-17(14-25-18-5-2-1-3-6-18)13-21-10-15-9-16(12-21)19-7-4-8-20(24)22(19)11-15/h1-8,15-17,23H,9-14H2/p+1/t15-,16+,17-/m0/s1. The lowest BCUT2D eigenvalue weighted by Crippen LogP contribution is -3.15. The zero-order valence-corrected chi connectivity index (χ0v) is 15.1. The molecule has 1 unspecified atom stereocenters. The first-order chi connectivity index (χ1) is 12.2. The summed E-state index contributed by atoms with van der Waals surface area (Å²) in [5.74, 6) is 1.74. The highest BCUT2D eigenvalue weighted by atomic mass is 32.2. The number of aliphatic hydroxyl groups excluding tert-OH is 1. The second-order valence-electron chi connectivity index (χ2n) is 7.34. The summed E-state index contributed by atoms with van der Waals surface area (Å²) in [5.41, 5.74) is 1.32. The zero-order chi connectivity index (χ0) is 17.2. The zero-order valence-electron chi connectivity index (χ0n) is 14.3. The predicted octanol–water partition coefficient (Wildman–Crippen LogP) is 1.00. The number of nitrogens with zero attached hydrogens (tertiary/aromatic N) is 1. The molecule has 5 heteroatoms. The van der Waals surface area contributed by atoms with Crippen molar-refractivity contribution in [2.24, 2.45) is 5.92 Å². The van der Waals surface area contributed by atoms with Crippen LogP contribution in [-0.2, 0) is 6.54 Å². The third-order valence-electron chi connectivity index (χ3n) is 5.38. The molecule has 25 heavy (non-hydrogen) atoms. The molecule has 4 atom stereocenters. The van der Waals surface area contributed by atoms with Crippen LogP contribution >= 0.6 is 11.8 Å². The summed E-state index contributed by atoms with van der Waals surface area (Å²) < 4.78 is 1.97. The van der Waals surface area contributed by atoms with E-state index in [2.05, 4.69) is 18.2 Å². The predicted molar refractivity (Wildman–Crippen MR) is 100 cm³/mol. The van der Waals surface area contributed by atoms with Crippen molar-refractivity contribution in [3.63, 3.8) is 0 Å². The molecule has 3 heterocycles. The van der Waals surface area contributed by atoms with Crippen molar-refractivity contribution < 1.29 is 10.0 Å². The molecule has 0 amide bonds. The molecule has 1 saturated heterocycles. The monoisotopic (exact) mass is 357 g/mol. The summed E-state index contributed by atoms with van der Waals surface area (Å²) in [4.78, 5) is 14.8. The summed E-state index contributed by atoms with van der Waals surface area (Å²) in [6.07, 6.45) is 0.888. The van der Waals surface area contributed by atoms with Crippen LogP contribution in [0.3, 0.4) is 0 Å². The molecule has 1 fully saturated rings. The second-order valence-corrected chi connectivity index (χ2v) is 8.43. The van der Waals surface area contributed by atoms with Crippen molar-refractivity contribution in [2.75, 3.05) is 25.4 Å². The summed E-state index contributed by atoms with van der Waals surface area (Å²) in [6.45, 7) is 3.71. The third kappa shape index (κ3) is 3.84. The smallest absolute Gasteiger partial charge is 0.250 e. The van der Waals surface area contributed by atoms with Crippen LogP contribution in [0.5, 0.6) is 0 Å². The van der Waals surface area contributed by atoms with Crippen LogP contribution in [-0.4, -0.2) is 41.2 Å². The summed E-state index contributed by atoms with van der Waals surface area (Å²) in [6, 6.07) is 15.9. The number of pyridine rings is 1. The van der Waals surface area contributed by atoms with E-state index in [1.54, 1.807) is 17.8 Å². The molecule has 4 nitrogen and oxygen atoms in total. The molecule has 1 aromatic carbocycles.